The van der Waals surface area contributed by atoms with Crippen LogP contribution in [0.25, 0.3) is 15.5 Å². The molecule has 4 aromatic rings. The van der Waals surface area contributed by atoms with Crippen molar-refractivity contribution in [2.75, 3.05) is 0 Å². The maximum absolute atomic E-state index is 12.1. The van der Waals surface area contributed by atoms with Gasteiger partial charge in [-0.15, -0.1) is 22.7 Å². The summed E-state index contributed by atoms with van der Waals surface area (Å²) in [6.45, 7) is 2.09. The standard InChI is InChI=1S/C20H17N3O3S2/c1-2-13-3-5-14(6-4-13)19-21-16(12-28-19)10-18(25)26-11-15-9-17(24)23-7-8-27-20(23)22-15/h3-9,12H,2,10-11H2,1H3. The van der Waals surface area contributed by atoms with Crippen molar-refractivity contribution in [1.82, 2.24) is 14.4 Å². The number of hydrogen-bond acceptors (Lipinski definition) is 7. The fourth-order valence-corrected chi connectivity index (χ4v) is 4.28. The summed E-state index contributed by atoms with van der Waals surface area (Å²) in [5.74, 6) is -0.397. The number of aryl methyl sites for hydroxylation is 1. The molecule has 0 unspecified atom stereocenters. The van der Waals surface area contributed by atoms with E-state index in [1.54, 1.807) is 11.6 Å². The minimum Gasteiger partial charge on any atom is -0.459 e. The van der Waals surface area contributed by atoms with Crippen LogP contribution >= 0.6 is 22.7 Å². The Morgan fingerprint density at radius 2 is 1.96 bits per heavy atom. The predicted octanol–water partition coefficient (Wildman–Crippen LogP) is 3.73. The zero-order valence-electron chi connectivity index (χ0n) is 15.1. The van der Waals surface area contributed by atoms with Crippen LogP contribution < -0.4 is 5.56 Å². The van der Waals surface area contributed by atoms with E-state index in [1.807, 2.05) is 17.5 Å². The summed E-state index contributed by atoms with van der Waals surface area (Å²) >= 11 is 2.86. The molecule has 0 bridgehead atoms. The summed E-state index contributed by atoms with van der Waals surface area (Å²) in [6.07, 6.45) is 2.75. The van der Waals surface area contributed by atoms with Crippen LogP contribution in [-0.2, 0) is 29.0 Å². The van der Waals surface area contributed by atoms with E-state index in [0.29, 0.717) is 16.3 Å². The summed E-state index contributed by atoms with van der Waals surface area (Å²) in [7, 11) is 0. The van der Waals surface area contributed by atoms with Crippen molar-refractivity contribution in [3.63, 3.8) is 0 Å². The second kappa shape index (κ2) is 8.04. The van der Waals surface area contributed by atoms with Gasteiger partial charge in [0, 0.05) is 28.6 Å². The molecule has 3 heterocycles. The molecule has 0 N–H and O–H groups in total. The van der Waals surface area contributed by atoms with Gasteiger partial charge in [0.25, 0.3) is 5.56 Å². The quantitative estimate of drug-likeness (QED) is 0.452. The monoisotopic (exact) mass is 411 g/mol. The van der Waals surface area contributed by atoms with Crippen molar-refractivity contribution < 1.29 is 9.53 Å². The van der Waals surface area contributed by atoms with Crippen LogP contribution in [0.1, 0.15) is 23.9 Å². The van der Waals surface area contributed by atoms with Crippen LogP contribution in [0.4, 0.5) is 0 Å². The predicted molar refractivity (Wildman–Crippen MR) is 110 cm³/mol. The van der Waals surface area contributed by atoms with Crippen LogP contribution in [0, 0.1) is 0 Å². The maximum atomic E-state index is 12.1. The molecule has 6 nitrogen and oxygen atoms in total. The highest BCUT2D eigenvalue weighted by Crippen LogP contribution is 2.24. The van der Waals surface area contributed by atoms with Crippen molar-refractivity contribution in [3.05, 3.63) is 74.6 Å². The lowest BCUT2D eigenvalue weighted by Crippen LogP contribution is -2.15. The fourth-order valence-electron chi connectivity index (χ4n) is 2.72. The number of ether oxygens (including phenoxy) is 1. The molecular formula is C20H17N3O3S2. The minimum atomic E-state index is -0.397. The van der Waals surface area contributed by atoms with Crippen LogP contribution in [0.2, 0.25) is 0 Å². The highest BCUT2D eigenvalue weighted by molar-refractivity contribution is 7.15. The van der Waals surface area contributed by atoms with E-state index < -0.39 is 5.97 Å². The number of carbonyl (C=O) groups excluding carboxylic acids is 1. The summed E-state index contributed by atoms with van der Waals surface area (Å²) < 4.78 is 6.74. The van der Waals surface area contributed by atoms with Crippen LogP contribution in [0.3, 0.4) is 0 Å². The third-order valence-corrected chi connectivity index (χ3v) is 5.92. The number of carbonyl (C=O) groups is 1. The maximum Gasteiger partial charge on any atom is 0.312 e. The number of esters is 1. The van der Waals surface area contributed by atoms with Gasteiger partial charge in [-0.1, -0.05) is 31.2 Å². The Labute approximate surface area is 169 Å². The van der Waals surface area contributed by atoms with Crippen molar-refractivity contribution in [1.29, 1.82) is 0 Å². The van der Waals surface area contributed by atoms with Crippen molar-refractivity contribution in [2.24, 2.45) is 0 Å². The number of nitrogens with zero attached hydrogens (tertiary/aromatic N) is 3. The molecule has 0 aliphatic rings. The van der Waals surface area contributed by atoms with E-state index in [-0.39, 0.29) is 18.6 Å². The van der Waals surface area contributed by atoms with Gasteiger partial charge in [-0.2, -0.15) is 0 Å². The minimum absolute atomic E-state index is 0.0298. The Balaban J connectivity index is 1.38. The van der Waals surface area contributed by atoms with E-state index in [1.165, 1.54) is 38.7 Å². The lowest BCUT2D eigenvalue weighted by atomic mass is 10.1. The summed E-state index contributed by atoms with van der Waals surface area (Å²) in [4.78, 5) is 33.5. The summed E-state index contributed by atoms with van der Waals surface area (Å²) in [6, 6.07) is 9.65. The van der Waals surface area contributed by atoms with E-state index in [4.69, 9.17) is 4.74 Å². The number of aromatic nitrogens is 3. The molecule has 142 valence electrons. The largest absolute Gasteiger partial charge is 0.459 e. The molecule has 0 radical (unpaired) electrons. The Morgan fingerprint density at radius 3 is 2.75 bits per heavy atom. The first-order valence-corrected chi connectivity index (χ1v) is 10.5. The van der Waals surface area contributed by atoms with Gasteiger partial charge in [-0.05, 0) is 12.0 Å². The smallest absolute Gasteiger partial charge is 0.312 e. The number of fused-ring (bicyclic) bond motifs is 1. The molecule has 0 aliphatic heterocycles. The molecule has 0 fully saturated rings. The Morgan fingerprint density at radius 1 is 1.14 bits per heavy atom. The first-order valence-electron chi connectivity index (χ1n) is 8.77. The van der Waals surface area contributed by atoms with Crippen LogP contribution in [0.5, 0.6) is 0 Å². The first-order chi connectivity index (χ1) is 13.6. The Hall–Kier alpha value is -2.84. The zero-order valence-corrected chi connectivity index (χ0v) is 16.8. The van der Waals surface area contributed by atoms with Crippen LogP contribution in [-0.4, -0.2) is 20.3 Å². The normalized spacial score (nSPS) is 11.0. The van der Waals surface area contributed by atoms with Gasteiger partial charge in [0.2, 0.25) is 0 Å². The number of hydrogen-bond donors (Lipinski definition) is 0. The van der Waals surface area contributed by atoms with Gasteiger partial charge >= 0.3 is 5.97 Å². The van der Waals surface area contributed by atoms with Gasteiger partial charge in [0.1, 0.15) is 11.6 Å². The third kappa shape index (κ3) is 4.02. The lowest BCUT2D eigenvalue weighted by molar-refractivity contribution is -0.144. The second-order valence-corrected chi connectivity index (χ2v) is 7.90. The molecule has 28 heavy (non-hydrogen) atoms. The molecule has 1 aromatic carbocycles. The van der Waals surface area contributed by atoms with E-state index in [0.717, 1.165) is 17.0 Å². The highest BCUT2D eigenvalue weighted by Gasteiger charge is 2.12. The molecule has 4 rings (SSSR count). The zero-order chi connectivity index (χ0) is 19.5. The molecule has 0 atom stereocenters. The lowest BCUT2D eigenvalue weighted by Gasteiger charge is -2.03. The molecule has 0 aliphatic carbocycles. The molecule has 3 aromatic heterocycles. The first kappa shape index (κ1) is 18.5. The molecule has 0 spiro atoms. The van der Waals surface area contributed by atoms with E-state index in [2.05, 4.69) is 29.0 Å². The third-order valence-electron chi connectivity index (χ3n) is 4.22. The average Bonchev–Trinajstić information content (AvgIpc) is 3.36. The van der Waals surface area contributed by atoms with Gasteiger partial charge in [0.15, 0.2) is 4.96 Å². The van der Waals surface area contributed by atoms with Crippen LogP contribution in [0.15, 0.2) is 52.1 Å². The van der Waals surface area contributed by atoms with E-state index in [9.17, 15) is 9.59 Å². The van der Waals surface area contributed by atoms with Crippen molar-refractivity contribution in [2.45, 2.75) is 26.4 Å². The summed E-state index contributed by atoms with van der Waals surface area (Å²) in [5, 5.41) is 4.53. The SMILES string of the molecule is CCc1ccc(-c2nc(CC(=O)OCc3cc(=O)n4ccsc4n3)cs2)cc1. The van der Waals surface area contributed by atoms with Crippen molar-refractivity contribution >= 4 is 33.6 Å². The molecule has 0 saturated heterocycles. The fraction of sp³-hybridized carbons (Fsp3) is 0.200. The topological polar surface area (TPSA) is 73.6 Å². The molecule has 8 heteroatoms. The molecule has 0 amide bonds. The second-order valence-electron chi connectivity index (χ2n) is 6.17. The number of benzene rings is 1. The highest BCUT2D eigenvalue weighted by atomic mass is 32.1. The number of thiazole rings is 2. The average molecular weight is 412 g/mol. The Bertz CT molecular complexity index is 1180. The van der Waals surface area contributed by atoms with E-state index >= 15 is 0 Å². The number of rotatable bonds is 6. The van der Waals surface area contributed by atoms with Gasteiger partial charge < -0.3 is 4.74 Å². The van der Waals surface area contributed by atoms with Gasteiger partial charge in [0.05, 0.1) is 17.8 Å². The molecular weight excluding hydrogens is 394 g/mol. The molecule has 0 saturated carbocycles. The van der Waals surface area contributed by atoms with Crippen molar-refractivity contribution in [3.8, 4) is 10.6 Å². The van der Waals surface area contributed by atoms with Gasteiger partial charge in [-0.25, -0.2) is 9.97 Å². The summed E-state index contributed by atoms with van der Waals surface area (Å²) in [5.41, 5.74) is 3.24. The van der Waals surface area contributed by atoms with Gasteiger partial charge in [-0.3, -0.25) is 14.0 Å². The Kier molecular flexibility index (Phi) is 5.31.